The van der Waals surface area contributed by atoms with E-state index in [0.29, 0.717) is 17.8 Å². The molecule has 1 rings (SSSR count). The monoisotopic (exact) mass is 339 g/mol. The highest BCUT2D eigenvalue weighted by atomic mass is 79.9. The third-order valence-electron chi connectivity index (χ3n) is 1.88. The number of hydrogen-bond acceptors (Lipinski definition) is 3. The first-order chi connectivity index (χ1) is 7.02. The lowest BCUT2D eigenvalue weighted by Crippen LogP contribution is -2.28. The molecule has 0 bridgehead atoms. The third kappa shape index (κ3) is 3.96. The van der Waals surface area contributed by atoms with Gasteiger partial charge < -0.3 is 9.52 Å². The van der Waals surface area contributed by atoms with Crippen molar-refractivity contribution in [1.29, 1.82) is 0 Å². The van der Waals surface area contributed by atoms with Crippen molar-refractivity contribution < 1.29 is 14.3 Å². The Bertz CT molecular complexity index is 332. The van der Waals surface area contributed by atoms with Crippen LogP contribution in [0.2, 0.25) is 0 Å². The fourth-order valence-electron chi connectivity index (χ4n) is 1.16. The van der Waals surface area contributed by atoms with Gasteiger partial charge in [0.25, 0.3) is 0 Å². The molecule has 0 spiro atoms. The van der Waals surface area contributed by atoms with Crippen LogP contribution in [-0.4, -0.2) is 29.1 Å². The number of furan rings is 1. The van der Waals surface area contributed by atoms with E-state index in [1.807, 2.05) is 13.0 Å². The molecule has 0 amide bonds. The van der Waals surface area contributed by atoms with Crippen LogP contribution in [0.25, 0.3) is 0 Å². The molecule has 0 unspecified atom stereocenters. The topological polar surface area (TPSA) is 53.7 Å². The lowest BCUT2D eigenvalue weighted by Gasteiger charge is -2.15. The smallest absolute Gasteiger partial charge is 0.317 e. The Labute approximate surface area is 105 Å². The van der Waals surface area contributed by atoms with Crippen molar-refractivity contribution >= 4 is 37.8 Å². The van der Waals surface area contributed by atoms with Crippen LogP contribution in [0.1, 0.15) is 12.7 Å². The summed E-state index contributed by atoms with van der Waals surface area (Å²) in [4.78, 5) is 12.3. The summed E-state index contributed by atoms with van der Waals surface area (Å²) in [6, 6.07) is 1.83. The average Bonchev–Trinajstić information content (AvgIpc) is 2.44. The van der Waals surface area contributed by atoms with Crippen LogP contribution in [0.5, 0.6) is 0 Å². The minimum atomic E-state index is -0.832. The average molecular weight is 341 g/mol. The fourth-order valence-corrected chi connectivity index (χ4v) is 1.82. The predicted octanol–water partition coefficient (Wildman–Crippen LogP) is 2.71. The van der Waals surface area contributed by atoms with E-state index in [-0.39, 0.29) is 6.54 Å². The molecule has 0 atom stereocenters. The highest BCUT2D eigenvalue weighted by molar-refractivity contribution is 9.13. The van der Waals surface area contributed by atoms with Crippen molar-refractivity contribution in [2.75, 3.05) is 13.1 Å². The summed E-state index contributed by atoms with van der Waals surface area (Å²) in [5, 5.41) is 8.66. The normalized spacial score (nSPS) is 10.9. The van der Waals surface area contributed by atoms with E-state index >= 15 is 0 Å². The number of carboxylic acid groups (broad SMARTS) is 1. The van der Waals surface area contributed by atoms with E-state index in [0.717, 1.165) is 10.2 Å². The Kier molecular flexibility index (Phi) is 4.82. The zero-order valence-corrected chi connectivity index (χ0v) is 11.3. The van der Waals surface area contributed by atoms with Crippen molar-refractivity contribution in [3.63, 3.8) is 0 Å². The number of likely N-dealkylation sites (N-methyl/N-ethyl adjacent to an activating group) is 1. The molecule has 1 aromatic heterocycles. The Morgan fingerprint density at radius 1 is 1.60 bits per heavy atom. The highest BCUT2D eigenvalue weighted by Crippen LogP contribution is 2.27. The van der Waals surface area contributed by atoms with Gasteiger partial charge >= 0.3 is 5.97 Å². The van der Waals surface area contributed by atoms with Gasteiger partial charge in [0.2, 0.25) is 0 Å². The minimum absolute atomic E-state index is 0.0203. The van der Waals surface area contributed by atoms with Gasteiger partial charge in [-0.2, -0.15) is 0 Å². The van der Waals surface area contributed by atoms with Crippen LogP contribution >= 0.6 is 31.9 Å². The van der Waals surface area contributed by atoms with E-state index in [1.165, 1.54) is 0 Å². The molecule has 84 valence electrons. The highest BCUT2D eigenvalue weighted by Gasteiger charge is 2.12. The van der Waals surface area contributed by atoms with Crippen LogP contribution < -0.4 is 0 Å². The standard InChI is InChI=1S/C9H11Br2NO3/c1-2-12(5-8(13)14)4-6-3-7(10)9(11)15-6/h3H,2,4-5H2,1H3,(H,13,14). The molecule has 6 heteroatoms. The maximum absolute atomic E-state index is 10.5. The van der Waals surface area contributed by atoms with Crippen LogP contribution in [0.15, 0.2) is 19.6 Å². The Morgan fingerprint density at radius 3 is 2.67 bits per heavy atom. The molecule has 15 heavy (non-hydrogen) atoms. The molecule has 1 aromatic rings. The summed E-state index contributed by atoms with van der Waals surface area (Å²) in [6.45, 7) is 3.09. The first-order valence-corrected chi connectivity index (χ1v) is 5.99. The van der Waals surface area contributed by atoms with Crippen LogP contribution in [0, 0.1) is 0 Å². The first kappa shape index (κ1) is 12.7. The van der Waals surface area contributed by atoms with Gasteiger partial charge in [0.05, 0.1) is 17.6 Å². The van der Waals surface area contributed by atoms with Crippen LogP contribution in [-0.2, 0) is 11.3 Å². The molecule has 0 aliphatic rings. The molecule has 0 aliphatic carbocycles. The number of halogens is 2. The molecule has 1 N–H and O–H groups in total. The van der Waals surface area contributed by atoms with Gasteiger partial charge in [-0.25, -0.2) is 0 Å². The molecule has 0 aromatic carbocycles. The lowest BCUT2D eigenvalue weighted by atomic mass is 10.4. The van der Waals surface area contributed by atoms with Crippen LogP contribution in [0.3, 0.4) is 0 Å². The number of rotatable bonds is 5. The number of carbonyl (C=O) groups is 1. The summed E-state index contributed by atoms with van der Waals surface area (Å²) in [6.07, 6.45) is 0. The van der Waals surface area contributed by atoms with Gasteiger partial charge in [0.15, 0.2) is 4.67 Å². The van der Waals surface area contributed by atoms with E-state index < -0.39 is 5.97 Å². The van der Waals surface area contributed by atoms with Gasteiger partial charge in [-0.1, -0.05) is 6.92 Å². The molecular formula is C9H11Br2NO3. The van der Waals surface area contributed by atoms with Gasteiger partial charge in [-0.15, -0.1) is 0 Å². The van der Waals surface area contributed by atoms with Crippen LogP contribution in [0.4, 0.5) is 0 Å². The van der Waals surface area contributed by atoms with E-state index in [4.69, 9.17) is 9.52 Å². The second-order valence-corrected chi connectivity index (χ2v) is 4.61. The quantitative estimate of drug-likeness (QED) is 0.895. The number of aliphatic carboxylic acids is 1. The second-order valence-electron chi connectivity index (χ2n) is 3.03. The van der Waals surface area contributed by atoms with E-state index in [9.17, 15) is 4.79 Å². The maximum atomic E-state index is 10.5. The molecule has 0 saturated carbocycles. The summed E-state index contributed by atoms with van der Waals surface area (Å²) in [7, 11) is 0. The fraction of sp³-hybridized carbons (Fsp3) is 0.444. The Morgan fingerprint density at radius 2 is 2.27 bits per heavy atom. The zero-order chi connectivity index (χ0) is 11.4. The zero-order valence-electron chi connectivity index (χ0n) is 8.17. The lowest BCUT2D eigenvalue weighted by molar-refractivity contribution is -0.138. The van der Waals surface area contributed by atoms with Crippen molar-refractivity contribution in [3.05, 3.63) is 21.0 Å². The SMILES string of the molecule is CCN(CC(=O)O)Cc1cc(Br)c(Br)o1. The summed E-state index contributed by atoms with van der Waals surface area (Å²) >= 11 is 6.53. The Hall–Kier alpha value is -0.330. The molecule has 0 aliphatic heterocycles. The number of hydrogen-bond donors (Lipinski definition) is 1. The molecule has 0 fully saturated rings. The van der Waals surface area contributed by atoms with Crippen molar-refractivity contribution in [2.24, 2.45) is 0 Å². The minimum Gasteiger partial charge on any atom is -0.480 e. The van der Waals surface area contributed by atoms with E-state index in [1.54, 1.807) is 4.90 Å². The van der Waals surface area contributed by atoms with Gasteiger partial charge in [0.1, 0.15) is 5.76 Å². The summed E-state index contributed by atoms with van der Waals surface area (Å²) in [5.41, 5.74) is 0. The molecule has 0 saturated heterocycles. The molecule has 1 heterocycles. The van der Waals surface area contributed by atoms with Gasteiger partial charge in [-0.05, 0) is 44.5 Å². The van der Waals surface area contributed by atoms with Gasteiger partial charge in [0, 0.05) is 0 Å². The summed E-state index contributed by atoms with van der Waals surface area (Å²) < 4.78 is 6.83. The summed E-state index contributed by atoms with van der Waals surface area (Å²) in [5.74, 6) is -0.0987. The van der Waals surface area contributed by atoms with Gasteiger partial charge in [-0.3, -0.25) is 9.69 Å². The molecular weight excluding hydrogens is 330 g/mol. The second kappa shape index (κ2) is 5.67. The third-order valence-corrected chi connectivity index (χ3v) is 3.59. The van der Waals surface area contributed by atoms with Crippen molar-refractivity contribution in [2.45, 2.75) is 13.5 Å². The van der Waals surface area contributed by atoms with Crippen molar-refractivity contribution in [1.82, 2.24) is 4.90 Å². The predicted molar refractivity (Wildman–Crippen MR) is 62.7 cm³/mol. The van der Waals surface area contributed by atoms with E-state index in [2.05, 4.69) is 31.9 Å². The molecule has 4 nitrogen and oxygen atoms in total. The van der Waals surface area contributed by atoms with Crippen molar-refractivity contribution in [3.8, 4) is 0 Å². The first-order valence-electron chi connectivity index (χ1n) is 4.40. The maximum Gasteiger partial charge on any atom is 0.317 e. The molecule has 0 radical (unpaired) electrons. The number of carboxylic acids is 1. The number of nitrogens with zero attached hydrogens (tertiary/aromatic N) is 1. The largest absolute Gasteiger partial charge is 0.480 e. The Balaban J connectivity index is 2.62.